The molecular formula is C24H27BrN4O6S. The third-order valence-corrected chi connectivity index (χ3v) is 8.53. The second kappa shape index (κ2) is 11.2. The molecule has 10 nitrogen and oxygen atoms in total. The lowest BCUT2D eigenvalue weighted by Crippen LogP contribution is -2.49. The summed E-state index contributed by atoms with van der Waals surface area (Å²) in [5.74, 6) is -1.32. The molecular weight excluding hydrogens is 552 g/mol. The van der Waals surface area contributed by atoms with Crippen molar-refractivity contribution in [1.82, 2.24) is 9.21 Å². The lowest BCUT2D eigenvalue weighted by molar-refractivity contribution is -0.122. The van der Waals surface area contributed by atoms with E-state index in [1.54, 1.807) is 24.3 Å². The number of carbonyl (C=O) groups excluding carboxylic acids is 3. The molecule has 36 heavy (non-hydrogen) atoms. The fraction of sp³-hybridized carbons (Fsp3) is 0.375. The van der Waals surface area contributed by atoms with Gasteiger partial charge in [-0.05, 0) is 48.5 Å². The maximum atomic E-state index is 13.8. The molecule has 2 aliphatic rings. The molecule has 1 atom stereocenters. The number of amides is 3. The molecule has 0 bridgehead atoms. The van der Waals surface area contributed by atoms with Gasteiger partial charge in [0.1, 0.15) is 6.04 Å². The van der Waals surface area contributed by atoms with Crippen LogP contribution >= 0.6 is 15.9 Å². The molecule has 0 aliphatic carbocycles. The molecule has 3 amide bonds. The molecule has 2 aliphatic heterocycles. The molecule has 4 rings (SSSR count). The minimum atomic E-state index is -4.14. The molecule has 2 heterocycles. The summed E-state index contributed by atoms with van der Waals surface area (Å²) in [5.41, 5.74) is 0.843. The van der Waals surface area contributed by atoms with Crippen molar-refractivity contribution in [3.05, 3.63) is 53.0 Å². The normalized spacial score (nSPS) is 19.2. The highest BCUT2D eigenvalue weighted by atomic mass is 79.9. The Morgan fingerprint density at radius 3 is 2.33 bits per heavy atom. The van der Waals surface area contributed by atoms with E-state index in [1.807, 2.05) is 0 Å². The first-order valence-corrected chi connectivity index (χ1v) is 13.7. The highest BCUT2D eigenvalue weighted by molar-refractivity contribution is 9.10. The van der Waals surface area contributed by atoms with E-state index in [9.17, 15) is 22.8 Å². The van der Waals surface area contributed by atoms with Gasteiger partial charge >= 0.3 is 0 Å². The predicted octanol–water partition coefficient (Wildman–Crippen LogP) is 2.06. The van der Waals surface area contributed by atoms with Crippen LogP contribution in [0.15, 0.2) is 57.9 Å². The van der Waals surface area contributed by atoms with E-state index in [0.717, 1.165) is 13.7 Å². The van der Waals surface area contributed by atoms with Gasteiger partial charge in [0.25, 0.3) is 5.91 Å². The highest BCUT2D eigenvalue weighted by Crippen LogP contribution is 2.30. The summed E-state index contributed by atoms with van der Waals surface area (Å²) in [5, 5.41) is 2.60. The van der Waals surface area contributed by atoms with E-state index in [2.05, 4.69) is 26.1 Å². The zero-order valence-corrected chi connectivity index (χ0v) is 22.1. The van der Waals surface area contributed by atoms with Gasteiger partial charge in [0.2, 0.25) is 21.8 Å². The number of anilines is 2. The molecule has 0 aromatic heterocycles. The largest absolute Gasteiger partial charge is 0.379 e. The zero-order valence-electron chi connectivity index (χ0n) is 19.7. The van der Waals surface area contributed by atoms with Crippen LogP contribution in [0.1, 0.15) is 13.3 Å². The maximum absolute atomic E-state index is 13.8. The molecule has 2 aromatic carbocycles. The van der Waals surface area contributed by atoms with E-state index < -0.39 is 27.9 Å². The lowest BCUT2D eigenvalue weighted by Gasteiger charge is -2.31. The Labute approximate surface area is 218 Å². The van der Waals surface area contributed by atoms with Crippen LogP contribution in [0.3, 0.4) is 0 Å². The first-order chi connectivity index (χ1) is 17.2. The topological polar surface area (TPSA) is 116 Å². The monoisotopic (exact) mass is 578 g/mol. The van der Waals surface area contributed by atoms with Gasteiger partial charge in [0.05, 0.1) is 30.2 Å². The van der Waals surface area contributed by atoms with Crippen molar-refractivity contribution >= 4 is 55.0 Å². The van der Waals surface area contributed by atoms with Gasteiger partial charge in [-0.1, -0.05) is 15.9 Å². The summed E-state index contributed by atoms with van der Waals surface area (Å²) >= 11 is 3.34. The highest BCUT2D eigenvalue weighted by Gasteiger charge is 2.47. The van der Waals surface area contributed by atoms with Crippen molar-refractivity contribution < 1.29 is 27.5 Å². The minimum absolute atomic E-state index is 0.0269. The predicted molar refractivity (Wildman–Crippen MR) is 137 cm³/mol. The van der Waals surface area contributed by atoms with Crippen LogP contribution in [0.4, 0.5) is 11.4 Å². The third kappa shape index (κ3) is 5.84. The van der Waals surface area contributed by atoms with Crippen molar-refractivity contribution in [2.24, 2.45) is 0 Å². The van der Waals surface area contributed by atoms with Crippen molar-refractivity contribution in [1.29, 1.82) is 0 Å². The Morgan fingerprint density at radius 1 is 1.08 bits per heavy atom. The second-order valence-electron chi connectivity index (χ2n) is 8.54. The lowest BCUT2D eigenvalue weighted by atomic mass is 10.2. The number of rotatable bonds is 8. The van der Waals surface area contributed by atoms with E-state index in [0.29, 0.717) is 44.2 Å². The number of imide groups is 1. The standard InChI is InChI=1S/C24H27BrN4O6S/c1-17(30)26-19-4-8-21(9-5-19)36(33,34)28(11-10-27-12-14-35-15-13-27)22-16-23(31)29(24(22)32)20-6-2-18(25)3-7-20/h2-9,22H,10-16H2,1H3,(H,26,30). The number of nitrogens with zero attached hydrogens (tertiary/aromatic N) is 3. The molecule has 192 valence electrons. The van der Waals surface area contributed by atoms with Crippen LogP contribution in [-0.2, 0) is 29.1 Å². The number of carbonyl (C=O) groups is 3. The van der Waals surface area contributed by atoms with E-state index >= 15 is 0 Å². The van der Waals surface area contributed by atoms with Crippen molar-refractivity contribution in [3.63, 3.8) is 0 Å². The fourth-order valence-corrected chi connectivity index (χ4v) is 6.10. The maximum Gasteiger partial charge on any atom is 0.252 e. The van der Waals surface area contributed by atoms with Gasteiger partial charge in [-0.15, -0.1) is 0 Å². The van der Waals surface area contributed by atoms with Gasteiger partial charge in [0, 0.05) is 43.3 Å². The Kier molecular flexibility index (Phi) is 8.20. The van der Waals surface area contributed by atoms with E-state index in [-0.39, 0.29) is 23.8 Å². The van der Waals surface area contributed by atoms with Crippen LogP contribution < -0.4 is 10.2 Å². The quantitative estimate of drug-likeness (QED) is 0.476. The Morgan fingerprint density at radius 2 is 1.72 bits per heavy atom. The number of sulfonamides is 1. The SMILES string of the molecule is CC(=O)Nc1ccc(S(=O)(=O)N(CCN2CCOCC2)C2CC(=O)N(c3ccc(Br)cc3)C2=O)cc1. The van der Waals surface area contributed by atoms with Crippen LogP contribution in [0.2, 0.25) is 0 Å². The number of ether oxygens (including phenoxy) is 1. The number of benzene rings is 2. The molecule has 2 saturated heterocycles. The third-order valence-electron chi connectivity index (χ3n) is 6.08. The first-order valence-electron chi connectivity index (χ1n) is 11.5. The number of halogens is 1. The molecule has 12 heteroatoms. The zero-order chi connectivity index (χ0) is 25.9. The van der Waals surface area contributed by atoms with Crippen molar-refractivity contribution in [3.8, 4) is 0 Å². The van der Waals surface area contributed by atoms with E-state index in [1.165, 1.54) is 31.2 Å². The van der Waals surface area contributed by atoms with Gasteiger partial charge in [-0.2, -0.15) is 4.31 Å². The Hall–Kier alpha value is -2.64. The van der Waals surface area contributed by atoms with Crippen LogP contribution in [-0.4, -0.2) is 80.8 Å². The number of hydrogen-bond acceptors (Lipinski definition) is 7. The number of hydrogen-bond donors (Lipinski definition) is 1. The summed E-state index contributed by atoms with van der Waals surface area (Å²) in [6.45, 7) is 4.20. The summed E-state index contributed by atoms with van der Waals surface area (Å²) in [7, 11) is -4.14. The van der Waals surface area contributed by atoms with Gasteiger partial charge in [0.15, 0.2) is 0 Å². The van der Waals surface area contributed by atoms with Gasteiger partial charge < -0.3 is 10.1 Å². The summed E-state index contributed by atoms with van der Waals surface area (Å²) in [6.07, 6.45) is -0.249. The fourth-order valence-electron chi connectivity index (χ4n) is 4.26. The average molecular weight is 579 g/mol. The summed E-state index contributed by atoms with van der Waals surface area (Å²) in [6, 6.07) is 11.3. The van der Waals surface area contributed by atoms with Crippen molar-refractivity contribution in [2.75, 3.05) is 49.6 Å². The Bertz CT molecular complexity index is 1230. The molecule has 0 radical (unpaired) electrons. The van der Waals surface area contributed by atoms with Gasteiger partial charge in [-0.3, -0.25) is 19.3 Å². The van der Waals surface area contributed by atoms with Crippen LogP contribution in [0.25, 0.3) is 0 Å². The van der Waals surface area contributed by atoms with Crippen LogP contribution in [0.5, 0.6) is 0 Å². The molecule has 1 N–H and O–H groups in total. The second-order valence-corrected chi connectivity index (χ2v) is 11.3. The Balaban J connectivity index is 1.63. The average Bonchev–Trinajstić information content (AvgIpc) is 3.14. The summed E-state index contributed by atoms with van der Waals surface area (Å²) < 4.78 is 34.8. The van der Waals surface area contributed by atoms with E-state index in [4.69, 9.17) is 4.74 Å². The molecule has 0 saturated carbocycles. The first kappa shape index (κ1) is 26.4. The molecule has 2 aromatic rings. The van der Waals surface area contributed by atoms with Crippen LogP contribution in [0, 0.1) is 0 Å². The number of morpholine rings is 1. The van der Waals surface area contributed by atoms with Crippen molar-refractivity contribution in [2.45, 2.75) is 24.3 Å². The molecule has 1 unspecified atom stereocenters. The number of nitrogens with one attached hydrogen (secondary N) is 1. The molecule has 2 fully saturated rings. The molecule has 0 spiro atoms. The van der Waals surface area contributed by atoms with Gasteiger partial charge in [-0.25, -0.2) is 13.3 Å². The smallest absolute Gasteiger partial charge is 0.252 e. The minimum Gasteiger partial charge on any atom is -0.379 e. The summed E-state index contributed by atoms with van der Waals surface area (Å²) in [4.78, 5) is 40.8.